The monoisotopic (exact) mass is 342 g/mol. The number of carbonyl (C=O) groups excluding carboxylic acids is 1. The molecule has 1 fully saturated rings. The molecule has 0 atom stereocenters. The third kappa shape index (κ3) is 4.19. The Balaban J connectivity index is 1.81. The summed E-state index contributed by atoms with van der Waals surface area (Å²) >= 11 is 0. The van der Waals surface area contributed by atoms with Gasteiger partial charge in [-0.2, -0.15) is 0 Å². The molecule has 2 aromatic rings. The van der Waals surface area contributed by atoms with E-state index in [1.165, 1.54) is 36.1 Å². The lowest BCUT2D eigenvalue weighted by Gasteiger charge is -2.15. The molecule has 0 radical (unpaired) electrons. The number of esters is 1. The van der Waals surface area contributed by atoms with Crippen LogP contribution >= 0.6 is 0 Å². The molecule has 3 rings (SSSR count). The third-order valence-electron chi connectivity index (χ3n) is 4.46. The Morgan fingerprint density at radius 3 is 2.64 bits per heavy atom. The van der Waals surface area contributed by atoms with Gasteiger partial charge in [-0.05, 0) is 54.5 Å². The number of hydrogen-bond acceptors (Lipinski definition) is 3. The lowest BCUT2D eigenvalue weighted by atomic mass is 10.0. The zero-order chi connectivity index (χ0) is 17.8. The highest BCUT2D eigenvalue weighted by molar-refractivity contribution is 5.72. The van der Waals surface area contributed by atoms with E-state index in [0.717, 1.165) is 12.2 Å². The van der Waals surface area contributed by atoms with Gasteiger partial charge in [-0.25, -0.2) is 4.39 Å². The zero-order valence-electron chi connectivity index (χ0n) is 14.7. The highest BCUT2D eigenvalue weighted by atomic mass is 19.1. The van der Waals surface area contributed by atoms with E-state index in [9.17, 15) is 9.18 Å². The van der Waals surface area contributed by atoms with Crippen LogP contribution in [0.25, 0.3) is 0 Å². The molecule has 3 nitrogen and oxygen atoms in total. The van der Waals surface area contributed by atoms with E-state index in [1.807, 2.05) is 12.1 Å². The van der Waals surface area contributed by atoms with Crippen molar-refractivity contribution in [3.8, 4) is 11.5 Å². The van der Waals surface area contributed by atoms with Crippen molar-refractivity contribution in [1.82, 2.24) is 0 Å². The smallest absolute Gasteiger partial charge is 0.310 e. The van der Waals surface area contributed by atoms with Gasteiger partial charge in [0.25, 0.3) is 0 Å². The molecule has 2 aromatic carbocycles. The summed E-state index contributed by atoms with van der Waals surface area (Å²) in [6, 6.07) is 10.7. The number of hydrogen-bond donors (Lipinski definition) is 0. The van der Waals surface area contributed by atoms with Crippen molar-refractivity contribution in [2.24, 2.45) is 0 Å². The fourth-order valence-electron chi connectivity index (χ4n) is 2.78. The average molecular weight is 342 g/mol. The summed E-state index contributed by atoms with van der Waals surface area (Å²) in [5, 5.41) is 0. The molecule has 0 heterocycles. The van der Waals surface area contributed by atoms with E-state index in [2.05, 4.69) is 13.0 Å². The Morgan fingerprint density at radius 2 is 1.96 bits per heavy atom. The van der Waals surface area contributed by atoms with Gasteiger partial charge in [0.05, 0.1) is 5.56 Å². The Labute approximate surface area is 147 Å². The van der Waals surface area contributed by atoms with Crippen LogP contribution in [0.3, 0.4) is 0 Å². The number of benzene rings is 2. The first kappa shape index (κ1) is 17.5. The predicted octanol–water partition coefficient (Wildman–Crippen LogP) is 5.16. The first-order valence-electron chi connectivity index (χ1n) is 8.86. The summed E-state index contributed by atoms with van der Waals surface area (Å²) in [6.07, 6.45) is 3.55. The molecule has 132 valence electrons. The molecule has 0 unspecified atom stereocenters. The Hall–Kier alpha value is -2.36. The van der Waals surface area contributed by atoms with E-state index in [0.29, 0.717) is 5.92 Å². The SMILES string of the molecule is CCC(=O)Oc1cccc(F)c1COc1ccc(CC)cc1C1CC1. The second-order valence-corrected chi connectivity index (χ2v) is 6.33. The number of ether oxygens (including phenoxy) is 2. The molecule has 1 aliphatic carbocycles. The number of halogens is 1. The average Bonchev–Trinajstić information content (AvgIpc) is 3.46. The van der Waals surface area contributed by atoms with Crippen LogP contribution < -0.4 is 9.47 Å². The molecule has 25 heavy (non-hydrogen) atoms. The van der Waals surface area contributed by atoms with Crippen LogP contribution in [0.4, 0.5) is 4.39 Å². The van der Waals surface area contributed by atoms with Crippen LogP contribution in [-0.4, -0.2) is 5.97 Å². The van der Waals surface area contributed by atoms with Gasteiger partial charge in [-0.3, -0.25) is 4.79 Å². The molecule has 0 N–H and O–H groups in total. The van der Waals surface area contributed by atoms with Gasteiger partial charge in [0.1, 0.15) is 23.9 Å². The number of carbonyl (C=O) groups is 1. The van der Waals surface area contributed by atoms with Crippen molar-refractivity contribution in [2.45, 2.75) is 52.1 Å². The highest BCUT2D eigenvalue weighted by Gasteiger charge is 2.27. The largest absolute Gasteiger partial charge is 0.488 e. The van der Waals surface area contributed by atoms with Gasteiger partial charge in [0.15, 0.2) is 0 Å². The minimum atomic E-state index is -0.431. The van der Waals surface area contributed by atoms with Crippen molar-refractivity contribution in [2.75, 3.05) is 0 Å². The van der Waals surface area contributed by atoms with Crippen molar-refractivity contribution in [3.63, 3.8) is 0 Å². The Morgan fingerprint density at radius 1 is 1.16 bits per heavy atom. The standard InChI is InChI=1S/C21H23FO3/c1-3-14-8-11-19(16(12-14)15-9-10-15)24-13-17-18(22)6-5-7-20(17)25-21(23)4-2/h5-8,11-12,15H,3-4,9-10,13H2,1-2H3. The van der Waals surface area contributed by atoms with Crippen LogP contribution in [0, 0.1) is 5.82 Å². The molecule has 1 saturated carbocycles. The topological polar surface area (TPSA) is 35.5 Å². The predicted molar refractivity (Wildman–Crippen MR) is 94.5 cm³/mol. The van der Waals surface area contributed by atoms with Gasteiger partial charge in [-0.15, -0.1) is 0 Å². The summed E-state index contributed by atoms with van der Waals surface area (Å²) in [6.45, 7) is 3.86. The van der Waals surface area contributed by atoms with Crippen LogP contribution in [0.1, 0.15) is 55.7 Å². The third-order valence-corrected chi connectivity index (χ3v) is 4.46. The van der Waals surface area contributed by atoms with Crippen molar-refractivity contribution in [3.05, 3.63) is 58.9 Å². The molecule has 1 aliphatic rings. The normalized spacial score (nSPS) is 13.6. The minimum Gasteiger partial charge on any atom is -0.488 e. The molecule has 0 saturated heterocycles. The molecular weight excluding hydrogens is 319 g/mol. The molecule has 0 bridgehead atoms. The van der Waals surface area contributed by atoms with Gasteiger partial charge < -0.3 is 9.47 Å². The van der Waals surface area contributed by atoms with Crippen LogP contribution in [0.15, 0.2) is 36.4 Å². The quantitative estimate of drug-likeness (QED) is 0.515. The fourth-order valence-corrected chi connectivity index (χ4v) is 2.78. The van der Waals surface area contributed by atoms with Crippen LogP contribution in [0.5, 0.6) is 11.5 Å². The maximum Gasteiger partial charge on any atom is 0.310 e. The number of rotatable bonds is 7. The van der Waals surface area contributed by atoms with Gasteiger partial charge in [0, 0.05) is 6.42 Å². The first-order chi connectivity index (χ1) is 12.1. The van der Waals surface area contributed by atoms with Crippen molar-refractivity contribution in [1.29, 1.82) is 0 Å². The van der Waals surface area contributed by atoms with E-state index >= 15 is 0 Å². The van der Waals surface area contributed by atoms with Crippen LogP contribution in [0.2, 0.25) is 0 Å². The summed E-state index contributed by atoms with van der Waals surface area (Å²) in [4.78, 5) is 11.6. The Bertz CT molecular complexity index is 766. The van der Waals surface area contributed by atoms with Crippen molar-refractivity contribution < 1.29 is 18.7 Å². The Kier molecular flexibility index (Phi) is 5.37. The molecule has 0 aromatic heterocycles. The minimum absolute atomic E-state index is 0.0319. The van der Waals surface area contributed by atoms with E-state index in [1.54, 1.807) is 13.0 Å². The second kappa shape index (κ2) is 7.68. The van der Waals surface area contributed by atoms with E-state index in [4.69, 9.17) is 9.47 Å². The maximum absolute atomic E-state index is 14.2. The summed E-state index contributed by atoms with van der Waals surface area (Å²) in [5.41, 5.74) is 2.74. The zero-order valence-corrected chi connectivity index (χ0v) is 14.7. The van der Waals surface area contributed by atoms with Gasteiger partial charge in [0.2, 0.25) is 0 Å². The molecule has 0 spiro atoms. The number of aryl methyl sites for hydroxylation is 1. The summed E-state index contributed by atoms with van der Waals surface area (Å²) in [5.74, 6) is 0.734. The maximum atomic E-state index is 14.2. The molecule has 0 amide bonds. The van der Waals surface area contributed by atoms with Gasteiger partial charge >= 0.3 is 5.97 Å². The highest BCUT2D eigenvalue weighted by Crippen LogP contribution is 2.45. The van der Waals surface area contributed by atoms with E-state index < -0.39 is 11.8 Å². The lowest BCUT2D eigenvalue weighted by Crippen LogP contribution is -2.10. The van der Waals surface area contributed by atoms with Gasteiger partial charge in [-0.1, -0.05) is 32.0 Å². The van der Waals surface area contributed by atoms with Crippen LogP contribution in [-0.2, 0) is 17.8 Å². The fraction of sp³-hybridized carbons (Fsp3) is 0.381. The van der Waals surface area contributed by atoms with Crippen molar-refractivity contribution >= 4 is 5.97 Å². The molecule has 4 heteroatoms. The lowest BCUT2D eigenvalue weighted by molar-refractivity contribution is -0.134. The summed E-state index contributed by atoms with van der Waals surface area (Å²) < 4.78 is 25.4. The molecule has 0 aliphatic heterocycles. The first-order valence-corrected chi connectivity index (χ1v) is 8.86. The summed E-state index contributed by atoms with van der Waals surface area (Å²) in [7, 11) is 0. The van der Waals surface area contributed by atoms with E-state index in [-0.39, 0.29) is 24.3 Å². The molecular formula is C21H23FO3. The second-order valence-electron chi connectivity index (χ2n) is 6.33.